The van der Waals surface area contributed by atoms with Crippen LogP contribution in [0.3, 0.4) is 0 Å². The number of carbonyl (C=O) groups is 1. The van der Waals surface area contributed by atoms with Crippen molar-refractivity contribution in [2.45, 2.75) is 38.8 Å². The van der Waals surface area contributed by atoms with Crippen LogP contribution < -0.4 is 4.74 Å². The predicted octanol–water partition coefficient (Wildman–Crippen LogP) is 5.99. The fourth-order valence-corrected chi connectivity index (χ4v) is 3.62. The Balaban J connectivity index is 1.95. The molecule has 0 spiro atoms. The van der Waals surface area contributed by atoms with Crippen molar-refractivity contribution in [3.8, 4) is 5.75 Å². The third-order valence-electron chi connectivity index (χ3n) is 5.33. The van der Waals surface area contributed by atoms with Gasteiger partial charge < -0.3 is 4.74 Å². The monoisotopic (exact) mass is 416 g/mol. The summed E-state index contributed by atoms with van der Waals surface area (Å²) in [6.07, 6.45) is 1.51. The Labute approximate surface area is 183 Å². The molecule has 0 unspecified atom stereocenters. The molecule has 0 radical (unpaired) electrons. The third-order valence-corrected chi connectivity index (χ3v) is 5.33. The lowest BCUT2D eigenvalue weighted by Crippen LogP contribution is -2.27. The summed E-state index contributed by atoms with van der Waals surface area (Å²) in [5.41, 5.74) is 3.70. The summed E-state index contributed by atoms with van der Waals surface area (Å²) in [5.74, 6) is 0.688. The van der Waals surface area contributed by atoms with E-state index < -0.39 is 0 Å². The molecule has 0 aliphatic carbocycles. The summed E-state index contributed by atoms with van der Waals surface area (Å²) in [6.45, 7) is 4.83. The van der Waals surface area contributed by atoms with Crippen molar-refractivity contribution < 1.29 is 9.53 Å². The molecule has 0 aliphatic rings. The second kappa shape index (κ2) is 11.1. The van der Waals surface area contributed by atoms with Gasteiger partial charge in [0.15, 0.2) is 0 Å². The molecule has 0 N–H and O–H groups in total. The highest BCUT2D eigenvalue weighted by Gasteiger charge is 2.21. The molecule has 5 nitrogen and oxygen atoms in total. The van der Waals surface area contributed by atoms with Crippen molar-refractivity contribution in [3.63, 3.8) is 0 Å². The summed E-state index contributed by atoms with van der Waals surface area (Å²) in [5, 5.41) is 4.72. The van der Waals surface area contributed by atoms with E-state index in [1.807, 2.05) is 74.5 Å². The maximum Gasteiger partial charge on any atom is 0.150 e. The second-order valence-corrected chi connectivity index (χ2v) is 7.78. The number of hydrogen-bond acceptors (Lipinski definition) is 4. The topological polar surface area (TPSA) is 59.0 Å². The van der Waals surface area contributed by atoms with Crippen molar-refractivity contribution in [3.05, 3.63) is 106 Å². The van der Waals surface area contributed by atoms with Gasteiger partial charge in [0.05, 0.1) is 5.29 Å². The zero-order valence-corrected chi connectivity index (χ0v) is 18.0. The summed E-state index contributed by atoms with van der Waals surface area (Å²) < 4.78 is 6.19. The summed E-state index contributed by atoms with van der Waals surface area (Å²) >= 11 is 0. The lowest BCUT2D eigenvalue weighted by molar-refractivity contribution is 0.112. The summed E-state index contributed by atoms with van der Waals surface area (Å²) in [4.78, 5) is 22.8. The first kappa shape index (κ1) is 22.2. The average molecular weight is 417 g/mol. The number of rotatable bonds is 11. The fraction of sp³-hybridized carbons (Fsp3) is 0.269. The van der Waals surface area contributed by atoms with Crippen LogP contribution in [-0.4, -0.2) is 23.9 Å². The molecule has 3 aromatic rings. The Morgan fingerprint density at radius 2 is 1.65 bits per heavy atom. The minimum absolute atomic E-state index is 0.0176. The minimum Gasteiger partial charge on any atom is -0.489 e. The van der Waals surface area contributed by atoms with Crippen LogP contribution in [0.5, 0.6) is 5.75 Å². The first-order valence-electron chi connectivity index (χ1n) is 10.5. The zero-order valence-electron chi connectivity index (χ0n) is 18.0. The Hall–Kier alpha value is -3.47. The number of nitrogens with zero attached hydrogens (tertiary/aromatic N) is 2. The van der Waals surface area contributed by atoms with Crippen molar-refractivity contribution >= 4 is 6.29 Å². The van der Waals surface area contributed by atoms with Crippen LogP contribution in [-0.2, 0) is 6.61 Å². The number of carbonyl (C=O) groups excluding carboxylic acids is 1. The van der Waals surface area contributed by atoms with Crippen molar-refractivity contribution in [1.29, 1.82) is 0 Å². The first-order valence-corrected chi connectivity index (χ1v) is 10.5. The van der Waals surface area contributed by atoms with E-state index in [2.05, 4.69) is 17.4 Å². The van der Waals surface area contributed by atoms with E-state index >= 15 is 0 Å². The molecule has 160 valence electrons. The highest BCUT2D eigenvalue weighted by molar-refractivity contribution is 5.76. The smallest absolute Gasteiger partial charge is 0.150 e. The van der Waals surface area contributed by atoms with E-state index in [1.54, 1.807) is 11.1 Å². The third kappa shape index (κ3) is 6.01. The lowest BCUT2D eigenvalue weighted by atomic mass is 9.87. The van der Waals surface area contributed by atoms with Gasteiger partial charge >= 0.3 is 0 Å². The summed E-state index contributed by atoms with van der Waals surface area (Å²) in [7, 11) is 0. The Morgan fingerprint density at radius 3 is 2.26 bits per heavy atom. The van der Waals surface area contributed by atoms with E-state index in [0.29, 0.717) is 25.1 Å². The molecule has 0 saturated carbocycles. The molecule has 1 atom stereocenters. The molecule has 31 heavy (non-hydrogen) atoms. The van der Waals surface area contributed by atoms with Gasteiger partial charge in [0.2, 0.25) is 0 Å². The van der Waals surface area contributed by atoms with Crippen LogP contribution in [0.2, 0.25) is 0 Å². The van der Waals surface area contributed by atoms with Crippen molar-refractivity contribution in [2.24, 2.45) is 5.29 Å². The average Bonchev–Trinajstić information content (AvgIpc) is 2.81. The van der Waals surface area contributed by atoms with Crippen molar-refractivity contribution in [1.82, 2.24) is 5.01 Å². The van der Waals surface area contributed by atoms with Gasteiger partial charge in [-0.1, -0.05) is 60.7 Å². The molecule has 0 amide bonds. The van der Waals surface area contributed by atoms with E-state index in [-0.39, 0.29) is 12.0 Å². The van der Waals surface area contributed by atoms with E-state index in [1.165, 1.54) is 0 Å². The fourth-order valence-electron chi connectivity index (χ4n) is 3.62. The molecule has 0 fully saturated rings. The molecule has 0 aliphatic heterocycles. The van der Waals surface area contributed by atoms with Gasteiger partial charge in [0.25, 0.3) is 0 Å². The van der Waals surface area contributed by atoms with Crippen LogP contribution in [0.15, 0.2) is 84.1 Å². The molecule has 0 saturated heterocycles. The Kier molecular flexibility index (Phi) is 7.93. The highest BCUT2D eigenvalue weighted by atomic mass is 16.5. The molecule has 3 aromatic carbocycles. The first-order chi connectivity index (χ1) is 15.1. The van der Waals surface area contributed by atoms with Crippen LogP contribution in [0.4, 0.5) is 0 Å². The van der Waals surface area contributed by atoms with Gasteiger partial charge in [0, 0.05) is 29.6 Å². The molecule has 0 aromatic heterocycles. The molecule has 5 heteroatoms. The standard InChI is InChI=1S/C26H28N2O3/c1-20(2)28(27-30)16-15-24(23-11-7-4-8-12-23)25-17-22(18-29)13-14-26(25)31-19-21-9-5-3-6-10-21/h3-14,17-18,20,24H,15-16,19H2,1-2H3/t24-/m1/s1. The van der Waals surface area contributed by atoms with Gasteiger partial charge in [-0.25, -0.2) is 0 Å². The van der Waals surface area contributed by atoms with Crippen LogP contribution in [0.1, 0.15) is 53.2 Å². The molecular formula is C26H28N2O3. The molecule has 0 bridgehead atoms. The number of aldehydes is 1. The number of ether oxygens (including phenoxy) is 1. The van der Waals surface area contributed by atoms with E-state index in [9.17, 15) is 9.70 Å². The quantitative estimate of drug-likeness (QED) is 0.219. The van der Waals surface area contributed by atoms with Gasteiger partial charge in [-0.15, -0.1) is 4.91 Å². The Bertz CT molecular complexity index is 974. The normalized spacial score (nSPS) is 11.7. The van der Waals surface area contributed by atoms with Crippen LogP contribution in [0, 0.1) is 4.91 Å². The largest absolute Gasteiger partial charge is 0.489 e. The van der Waals surface area contributed by atoms with Gasteiger partial charge in [-0.05, 0) is 49.6 Å². The van der Waals surface area contributed by atoms with Gasteiger partial charge in [0.1, 0.15) is 18.6 Å². The lowest BCUT2D eigenvalue weighted by Gasteiger charge is -2.25. The molecule has 3 rings (SSSR count). The number of benzene rings is 3. The number of nitroso groups, excluding NO2 is 1. The van der Waals surface area contributed by atoms with Crippen LogP contribution >= 0.6 is 0 Å². The highest BCUT2D eigenvalue weighted by Crippen LogP contribution is 2.36. The number of hydrogen-bond donors (Lipinski definition) is 0. The Morgan fingerprint density at radius 1 is 0.968 bits per heavy atom. The summed E-state index contributed by atoms with van der Waals surface area (Å²) in [6, 6.07) is 25.6. The SMILES string of the molecule is CC(C)N(CC[C@H](c1ccccc1)c1cc(C=O)ccc1OCc1ccccc1)N=O. The van der Waals surface area contributed by atoms with Crippen LogP contribution in [0.25, 0.3) is 0 Å². The molecular weight excluding hydrogens is 388 g/mol. The van der Waals surface area contributed by atoms with E-state index in [4.69, 9.17) is 4.74 Å². The maximum atomic E-state index is 11.5. The van der Waals surface area contributed by atoms with Crippen molar-refractivity contribution in [2.75, 3.05) is 6.54 Å². The molecule has 0 heterocycles. The minimum atomic E-state index is -0.0464. The second-order valence-electron chi connectivity index (χ2n) is 7.78. The maximum absolute atomic E-state index is 11.5. The van der Waals surface area contributed by atoms with E-state index in [0.717, 1.165) is 28.7 Å². The zero-order chi connectivity index (χ0) is 22.1. The predicted molar refractivity (Wildman–Crippen MR) is 123 cm³/mol. The van der Waals surface area contributed by atoms with Gasteiger partial charge in [-0.3, -0.25) is 9.80 Å². The van der Waals surface area contributed by atoms with Gasteiger partial charge in [-0.2, -0.15) is 0 Å².